The summed E-state index contributed by atoms with van der Waals surface area (Å²) >= 11 is 7.79. The predicted octanol–water partition coefficient (Wildman–Crippen LogP) is 4.67. The minimum atomic E-state index is 0.728. The van der Waals surface area contributed by atoms with Crippen LogP contribution in [0.3, 0.4) is 0 Å². The first-order valence-corrected chi connectivity index (χ1v) is 7.55. The molecule has 0 spiro atoms. The number of nitrogens with zero attached hydrogens (tertiary/aromatic N) is 2. The number of aromatic nitrogens is 2. The maximum atomic E-state index is 6.20. The normalized spacial score (nSPS) is 11.0. The van der Waals surface area contributed by atoms with Crippen molar-refractivity contribution >= 4 is 39.0 Å². The van der Waals surface area contributed by atoms with E-state index >= 15 is 0 Å². The molecule has 0 bridgehead atoms. The second kappa shape index (κ2) is 5.04. The average Bonchev–Trinajstić information content (AvgIpc) is 2.87. The van der Waals surface area contributed by atoms with Crippen LogP contribution in [-0.4, -0.2) is 17.0 Å². The molecule has 0 aliphatic carbocycles. The Morgan fingerprint density at radius 1 is 1.15 bits per heavy atom. The number of rotatable bonds is 2. The molecule has 0 radical (unpaired) electrons. The summed E-state index contributed by atoms with van der Waals surface area (Å²) < 4.78 is 0. The zero-order valence-electron chi connectivity index (χ0n) is 11.5. The van der Waals surface area contributed by atoms with Crippen molar-refractivity contribution in [2.75, 3.05) is 12.4 Å². The number of aryl methyl sites for hydroxylation is 2. The van der Waals surface area contributed by atoms with E-state index in [2.05, 4.69) is 26.7 Å². The molecule has 3 rings (SSSR count). The van der Waals surface area contributed by atoms with Crippen LogP contribution in [0.1, 0.15) is 11.3 Å². The lowest BCUT2D eigenvalue weighted by molar-refractivity contribution is 1.24. The molecule has 20 heavy (non-hydrogen) atoms. The Balaban J connectivity index is 2.34. The molecule has 0 amide bonds. The van der Waals surface area contributed by atoms with Crippen LogP contribution in [0.25, 0.3) is 22.2 Å². The molecule has 0 fully saturated rings. The smallest absolute Gasteiger partial charge is 0.182 e. The maximum Gasteiger partial charge on any atom is 0.182 e. The molecular weight excluding hydrogens is 290 g/mol. The Morgan fingerprint density at radius 3 is 2.65 bits per heavy atom. The Morgan fingerprint density at radius 2 is 1.95 bits per heavy atom. The molecule has 0 saturated carbocycles. The van der Waals surface area contributed by atoms with Gasteiger partial charge in [0.05, 0.1) is 11.2 Å². The summed E-state index contributed by atoms with van der Waals surface area (Å²) in [4.78, 5) is 9.22. The fraction of sp³-hybridized carbons (Fsp3) is 0.200. The van der Waals surface area contributed by atoms with Crippen molar-refractivity contribution in [1.82, 2.24) is 9.97 Å². The Hall–Kier alpha value is -1.65. The lowest BCUT2D eigenvalue weighted by Gasteiger charge is -2.09. The maximum absolute atomic E-state index is 6.20. The van der Waals surface area contributed by atoms with Crippen LogP contribution in [0.4, 0.5) is 5.13 Å². The molecule has 0 saturated heterocycles. The van der Waals surface area contributed by atoms with Gasteiger partial charge in [-0.15, -0.1) is 11.3 Å². The van der Waals surface area contributed by atoms with Crippen molar-refractivity contribution in [3.63, 3.8) is 0 Å². The monoisotopic (exact) mass is 303 g/mol. The van der Waals surface area contributed by atoms with Gasteiger partial charge in [-0.05, 0) is 37.6 Å². The van der Waals surface area contributed by atoms with Crippen LogP contribution in [0.15, 0.2) is 23.6 Å². The number of benzene rings is 1. The van der Waals surface area contributed by atoms with E-state index in [-0.39, 0.29) is 0 Å². The fourth-order valence-corrected chi connectivity index (χ4v) is 3.25. The first-order valence-electron chi connectivity index (χ1n) is 6.29. The molecule has 1 aromatic carbocycles. The van der Waals surface area contributed by atoms with E-state index in [4.69, 9.17) is 11.6 Å². The van der Waals surface area contributed by atoms with E-state index in [1.165, 1.54) is 0 Å². The van der Waals surface area contributed by atoms with Gasteiger partial charge in [0, 0.05) is 34.1 Å². The largest absolute Gasteiger partial charge is 0.365 e. The standard InChI is InChI=1S/C15H14ClN3S/c1-8-4-10(16)6-12-11(5-9(2)18-14(8)12)13-7-20-15(17-3)19-13/h4-7H,1-3H3,(H,17,19). The molecule has 0 atom stereocenters. The summed E-state index contributed by atoms with van der Waals surface area (Å²) in [7, 11) is 1.87. The highest BCUT2D eigenvalue weighted by molar-refractivity contribution is 7.14. The Bertz CT molecular complexity index is 795. The lowest BCUT2D eigenvalue weighted by Crippen LogP contribution is -1.92. The Kier molecular flexibility index (Phi) is 3.36. The second-order valence-electron chi connectivity index (χ2n) is 4.72. The van der Waals surface area contributed by atoms with Gasteiger partial charge in [0.15, 0.2) is 5.13 Å². The minimum Gasteiger partial charge on any atom is -0.365 e. The molecule has 102 valence electrons. The van der Waals surface area contributed by atoms with Crippen LogP contribution >= 0.6 is 22.9 Å². The quantitative estimate of drug-likeness (QED) is 0.747. The summed E-state index contributed by atoms with van der Waals surface area (Å²) in [5, 5.41) is 7.80. The van der Waals surface area contributed by atoms with Crippen molar-refractivity contribution < 1.29 is 0 Å². The minimum absolute atomic E-state index is 0.728. The molecule has 1 N–H and O–H groups in total. The van der Waals surface area contributed by atoms with Crippen molar-refractivity contribution in [3.8, 4) is 11.3 Å². The number of nitrogens with one attached hydrogen (secondary N) is 1. The number of halogens is 1. The highest BCUT2D eigenvalue weighted by Gasteiger charge is 2.12. The molecule has 5 heteroatoms. The van der Waals surface area contributed by atoms with Gasteiger partial charge < -0.3 is 5.32 Å². The van der Waals surface area contributed by atoms with E-state index in [1.54, 1.807) is 11.3 Å². The zero-order valence-corrected chi connectivity index (χ0v) is 13.1. The fourth-order valence-electron chi connectivity index (χ4n) is 2.31. The Labute approximate surface area is 126 Å². The van der Waals surface area contributed by atoms with Crippen LogP contribution in [-0.2, 0) is 0 Å². The number of fused-ring (bicyclic) bond motifs is 1. The third kappa shape index (κ3) is 2.25. The van der Waals surface area contributed by atoms with E-state index in [0.29, 0.717) is 0 Å². The number of anilines is 1. The summed E-state index contributed by atoms with van der Waals surface area (Å²) in [6, 6.07) is 5.97. The van der Waals surface area contributed by atoms with Crippen molar-refractivity contribution in [2.45, 2.75) is 13.8 Å². The second-order valence-corrected chi connectivity index (χ2v) is 6.01. The van der Waals surface area contributed by atoms with Crippen molar-refractivity contribution in [2.24, 2.45) is 0 Å². The average molecular weight is 304 g/mol. The van der Waals surface area contributed by atoms with Crippen molar-refractivity contribution in [3.05, 3.63) is 39.9 Å². The first kappa shape index (κ1) is 13.3. The molecule has 0 unspecified atom stereocenters. The van der Waals surface area contributed by atoms with Gasteiger partial charge in [0.1, 0.15) is 0 Å². The van der Waals surface area contributed by atoms with E-state index in [0.717, 1.165) is 43.6 Å². The van der Waals surface area contributed by atoms with Gasteiger partial charge >= 0.3 is 0 Å². The molecule has 3 nitrogen and oxygen atoms in total. The first-order chi connectivity index (χ1) is 9.58. The predicted molar refractivity (Wildman–Crippen MR) is 86.9 cm³/mol. The van der Waals surface area contributed by atoms with E-state index in [9.17, 15) is 0 Å². The summed E-state index contributed by atoms with van der Waals surface area (Å²) in [5.74, 6) is 0. The van der Waals surface area contributed by atoms with Gasteiger partial charge in [-0.2, -0.15) is 0 Å². The van der Waals surface area contributed by atoms with Gasteiger partial charge in [-0.1, -0.05) is 11.6 Å². The van der Waals surface area contributed by atoms with E-state index in [1.807, 2.05) is 33.0 Å². The summed E-state index contributed by atoms with van der Waals surface area (Å²) in [6.07, 6.45) is 0. The highest BCUT2D eigenvalue weighted by Crippen LogP contribution is 2.33. The number of thiazole rings is 1. The van der Waals surface area contributed by atoms with E-state index < -0.39 is 0 Å². The topological polar surface area (TPSA) is 37.8 Å². The van der Waals surface area contributed by atoms with Crippen LogP contribution in [0, 0.1) is 13.8 Å². The third-order valence-electron chi connectivity index (χ3n) is 3.19. The summed E-state index contributed by atoms with van der Waals surface area (Å²) in [6.45, 7) is 4.03. The highest BCUT2D eigenvalue weighted by atomic mass is 35.5. The molecule has 2 aromatic heterocycles. The van der Waals surface area contributed by atoms with Gasteiger partial charge in [0.2, 0.25) is 0 Å². The van der Waals surface area contributed by atoms with Crippen LogP contribution < -0.4 is 5.32 Å². The van der Waals surface area contributed by atoms with Gasteiger partial charge in [-0.3, -0.25) is 4.98 Å². The van der Waals surface area contributed by atoms with Crippen LogP contribution in [0.5, 0.6) is 0 Å². The van der Waals surface area contributed by atoms with Gasteiger partial charge in [-0.25, -0.2) is 4.98 Å². The molecule has 2 heterocycles. The lowest BCUT2D eigenvalue weighted by atomic mass is 10.0. The summed E-state index contributed by atoms with van der Waals surface area (Å²) in [5.41, 5.74) is 5.09. The van der Waals surface area contributed by atoms with Crippen LogP contribution in [0.2, 0.25) is 5.02 Å². The molecule has 0 aliphatic rings. The van der Waals surface area contributed by atoms with Crippen molar-refractivity contribution in [1.29, 1.82) is 0 Å². The molecule has 3 aromatic rings. The number of pyridine rings is 1. The third-order valence-corrected chi connectivity index (χ3v) is 4.27. The number of hydrogen-bond acceptors (Lipinski definition) is 4. The van der Waals surface area contributed by atoms with Gasteiger partial charge in [0.25, 0.3) is 0 Å². The zero-order chi connectivity index (χ0) is 14.3. The SMILES string of the molecule is CNc1nc(-c2cc(C)nc3c(C)cc(Cl)cc23)cs1. The molecular formula is C15H14ClN3S. The number of hydrogen-bond donors (Lipinski definition) is 1. The molecule has 0 aliphatic heterocycles.